The number of guanidine groups is 1. The van der Waals surface area contributed by atoms with Crippen LogP contribution in [-0.2, 0) is 11.3 Å². The number of ether oxygens (including phenoxy) is 1. The second kappa shape index (κ2) is 10.5. The van der Waals surface area contributed by atoms with Crippen molar-refractivity contribution in [2.45, 2.75) is 26.3 Å². The van der Waals surface area contributed by atoms with E-state index in [0.29, 0.717) is 18.2 Å². The van der Waals surface area contributed by atoms with Crippen LogP contribution in [0.3, 0.4) is 0 Å². The van der Waals surface area contributed by atoms with Gasteiger partial charge in [-0.1, -0.05) is 25.1 Å². The van der Waals surface area contributed by atoms with Crippen molar-refractivity contribution < 1.29 is 9.53 Å². The van der Waals surface area contributed by atoms with Crippen LogP contribution in [0.1, 0.15) is 30.2 Å². The molecule has 3 N–H and O–H groups in total. The number of carbonyl (C=O) groups excluding carboxylic acids is 1. The molecule has 0 fully saturated rings. The fourth-order valence-electron chi connectivity index (χ4n) is 2.30. The molecule has 0 spiro atoms. The molecule has 6 nitrogen and oxygen atoms in total. The van der Waals surface area contributed by atoms with Crippen molar-refractivity contribution in [2.24, 2.45) is 4.99 Å². The first-order chi connectivity index (χ1) is 12.6. The lowest BCUT2D eigenvalue weighted by atomic mass is 10.1. The van der Waals surface area contributed by atoms with Crippen LogP contribution in [0.25, 0.3) is 0 Å². The molecule has 0 aliphatic carbocycles. The van der Waals surface area contributed by atoms with E-state index in [4.69, 9.17) is 0 Å². The zero-order chi connectivity index (χ0) is 18.8. The van der Waals surface area contributed by atoms with Crippen LogP contribution >= 0.6 is 11.3 Å². The number of amides is 1. The summed E-state index contributed by atoms with van der Waals surface area (Å²) in [6, 6.07) is 11.8. The number of methoxy groups -OCH3 is 1. The Morgan fingerprint density at radius 1 is 1.23 bits per heavy atom. The van der Waals surface area contributed by atoms with Crippen molar-refractivity contribution in [3.8, 4) is 0 Å². The number of thiophene rings is 1. The molecule has 0 saturated heterocycles. The van der Waals surface area contributed by atoms with Crippen molar-refractivity contribution in [3.63, 3.8) is 0 Å². The molecule has 7 heteroatoms. The van der Waals surface area contributed by atoms with E-state index < -0.39 is 6.09 Å². The second-order valence-electron chi connectivity index (χ2n) is 5.81. The van der Waals surface area contributed by atoms with E-state index >= 15 is 0 Å². The highest BCUT2D eigenvalue weighted by Crippen LogP contribution is 2.19. The van der Waals surface area contributed by atoms with Gasteiger partial charge in [0.25, 0.3) is 0 Å². The summed E-state index contributed by atoms with van der Waals surface area (Å²) in [5.74, 6) is 1.23. The first-order valence-corrected chi connectivity index (χ1v) is 9.49. The summed E-state index contributed by atoms with van der Waals surface area (Å²) in [6.07, 6.45) is -0.478. The van der Waals surface area contributed by atoms with Crippen molar-refractivity contribution in [1.29, 1.82) is 0 Å². The molecule has 1 aromatic heterocycles. The Kier molecular flexibility index (Phi) is 7.95. The number of nitrogens with zero attached hydrogens (tertiary/aromatic N) is 1. The SMILES string of the molecule is CCNC(=NCc1ccc(NC(=O)OC)cc1)NCC(C)c1cccs1. The van der Waals surface area contributed by atoms with E-state index in [9.17, 15) is 4.79 Å². The highest BCUT2D eigenvalue weighted by atomic mass is 32.1. The molecule has 1 unspecified atom stereocenters. The third kappa shape index (κ3) is 6.40. The van der Waals surface area contributed by atoms with Gasteiger partial charge >= 0.3 is 6.09 Å². The van der Waals surface area contributed by atoms with E-state index in [1.165, 1.54) is 12.0 Å². The number of aliphatic imine (C=N–C) groups is 1. The topological polar surface area (TPSA) is 74.8 Å². The molecule has 0 bridgehead atoms. The van der Waals surface area contributed by atoms with Crippen LogP contribution in [0.5, 0.6) is 0 Å². The normalized spacial score (nSPS) is 12.3. The molecule has 140 valence electrons. The molecule has 2 rings (SSSR count). The predicted molar refractivity (Wildman–Crippen MR) is 108 cm³/mol. The van der Waals surface area contributed by atoms with Crippen LogP contribution in [-0.4, -0.2) is 32.3 Å². The number of nitrogens with one attached hydrogen (secondary N) is 3. The number of carbonyl (C=O) groups is 1. The zero-order valence-corrected chi connectivity index (χ0v) is 16.2. The van der Waals surface area contributed by atoms with Crippen LogP contribution in [0, 0.1) is 0 Å². The third-order valence-electron chi connectivity index (χ3n) is 3.75. The summed E-state index contributed by atoms with van der Waals surface area (Å²) >= 11 is 1.77. The molecule has 0 saturated carbocycles. The summed E-state index contributed by atoms with van der Waals surface area (Å²) in [5.41, 5.74) is 1.75. The van der Waals surface area contributed by atoms with Gasteiger partial charge in [-0.3, -0.25) is 5.32 Å². The molecule has 1 heterocycles. The van der Waals surface area contributed by atoms with Crippen LogP contribution in [0.2, 0.25) is 0 Å². The first-order valence-electron chi connectivity index (χ1n) is 8.61. The van der Waals surface area contributed by atoms with Gasteiger partial charge < -0.3 is 15.4 Å². The Bertz CT molecular complexity index is 699. The average Bonchev–Trinajstić information content (AvgIpc) is 3.19. The molecular weight excluding hydrogens is 348 g/mol. The molecule has 26 heavy (non-hydrogen) atoms. The second-order valence-corrected chi connectivity index (χ2v) is 6.79. The lowest BCUT2D eigenvalue weighted by Crippen LogP contribution is -2.39. The lowest BCUT2D eigenvalue weighted by Gasteiger charge is -2.15. The standard InChI is InChI=1S/C19H26N4O2S/c1-4-20-18(21-12-14(2)17-6-5-11-26-17)22-13-15-7-9-16(10-8-15)23-19(24)25-3/h5-11,14H,4,12-13H2,1-3H3,(H,23,24)(H2,20,21,22). The minimum Gasteiger partial charge on any atom is -0.453 e. The Morgan fingerprint density at radius 2 is 2.00 bits per heavy atom. The van der Waals surface area contributed by atoms with Crippen LogP contribution < -0.4 is 16.0 Å². The number of anilines is 1. The first kappa shape index (κ1) is 19.8. The summed E-state index contributed by atoms with van der Waals surface area (Å²) in [4.78, 5) is 17.2. The largest absolute Gasteiger partial charge is 0.453 e. The van der Waals surface area contributed by atoms with Gasteiger partial charge in [0.15, 0.2) is 5.96 Å². The van der Waals surface area contributed by atoms with Gasteiger partial charge in [-0.25, -0.2) is 9.79 Å². The molecule has 0 radical (unpaired) electrons. The van der Waals surface area contributed by atoms with E-state index in [1.807, 2.05) is 31.2 Å². The van der Waals surface area contributed by atoms with Gasteiger partial charge in [0.1, 0.15) is 0 Å². The van der Waals surface area contributed by atoms with Gasteiger partial charge in [-0.2, -0.15) is 0 Å². The van der Waals surface area contributed by atoms with Crippen LogP contribution in [0.15, 0.2) is 46.8 Å². The average molecular weight is 375 g/mol. The Morgan fingerprint density at radius 3 is 2.62 bits per heavy atom. The van der Waals surface area contributed by atoms with Gasteiger partial charge in [-0.15, -0.1) is 11.3 Å². The monoisotopic (exact) mass is 374 g/mol. The minimum atomic E-state index is -0.478. The molecule has 1 aromatic carbocycles. The minimum absolute atomic E-state index is 0.433. The van der Waals surface area contributed by atoms with Crippen molar-refractivity contribution in [1.82, 2.24) is 10.6 Å². The molecule has 0 aliphatic heterocycles. The summed E-state index contributed by atoms with van der Waals surface area (Å²) in [5, 5.41) is 11.4. The fraction of sp³-hybridized carbons (Fsp3) is 0.368. The molecule has 0 aliphatic rings. The maximum absolute atomic E-state index is 11.2. The van der Waals surface area contributed by atoms with Gasteiger partial charge in [0.2, 0.25) is 0 Å². The van der Waals surface area contributed by atoms with E-state index in [-0.39, 0.29) is 0 Å². The third-order valence-corrected chi connectivity index (χ3v) is 4.86. The van der Waals surface area contributed by atoms with Crippen molar-refractivity contribution in [3.05, 3.63) is 52.2 Å². The number of rotatable bonds is 7. The van der Waals surface area contributed by atoms with E-state index in [1.54, 1.807) is 11.3 Å². The van der Waals surface area contributed by atoms with E-state index in [2.05, 4.69) is 50.1 Å². The Labute approximate surface area is 158 Å². The van der Waals surface area contributed by atoms with Gasteiger partial charge in [0, 0.05) is 29.6 Å². The lowest BCUT2D eigenvalue weighted by molar-refractivity contribution is 0.187. The summed E-state index contributed by atoms with van der Waals surface area (Å²) < 4.78 is 4.58. The Balaban J connectivity index is 1.90. The Hall–Kier alpha value is -2.54. The molecule has 1 amide bonds. The number of benzene rings is 1. The summed E-state index contributed by atoms with van der Waals surface area (Å²) in [6.45, 7) is 6.44. The summed E-state index contributed by atoms with van der Waals surface area (Å²) in [7, 11) is 1.34. The quantitative estimate of drug-likeness (QED) is 0.509. The smallest absolute Gasteiger partial charge is 0.411 e. The van der Waals surface area contributed by atoms with Gasteiger partial charge in [-0.05, 0) is 36.1 Å². The van der Waals surface area contributed by atoms with Crippen LogP contribution in [0.4, 0.5) is 10.5 Å². The molecular formula is C19H26N4O2S. The van der Waals surface area contributed by atoms with Crippen molar-refractivity contribution >= 4 is 29.1 Å². The predicted octanol–water partition coefficient (Wildman–Crippen LogP) is 3.79. The molecule has 2 aromatic rings. The number of hydrogen-bond donors (Lipinski definition) is 3. The maximum atomic E-state index is 11.2. The fourth-order valence-corrected chi connectivity index (χ4v) is 3.08. The maximum Gasteiger partial charge on any atom is 0.411 e. The van der Waals surface area contributed by atoms with Crippen molar-refractivity contribution in [2.75, 3.05) is 25.5 Å². The zero-order valence-electron chi connectivity index (χ0n) is 15.4. The highest BCUT2D eigenvalue weighted by molar-refractivity contribution is 7.10. The molecule has 1 atom stereocenters. The number of hydrogen-bond acceptors (Lipinski definition) is 4. The highest BCUT2D eigenvalue weighted by Gasteiger charge is 2.07. The van der Waals surface area contributed by atoms with E-state index in [0.717, 1.165) is 24.6 Å². The van der Waals surface area contributed by atoms with Gasteiger partial charge in [0.05, 0.1) is 13.7 Å².